The molecule has 0 aliphatic carbocycles. The molecule has 1 aromatic heterocycles. The van der Waals surface area contributed by atoms with Gasteiger partial charge in [-0.1, -0.05) is 13.8 Å². The number of nitriles is 1. The van der Waals surface area contributed by atoms with Crippen molar-refractivity contribution in [2.45, 2.75) is 25.2 Å². The van der Waals surface area contributed by atoms with Gasteiger partial charge < -0.3 is 4.74 Å². The SMILES string of the molecule is CC(C)CCOc1ccc(S(=O)(=O)Nc2nn(C)cc2C#N)cc1. The summed E-state index contributed by atoms with van der Waals surface area (Å²) < 4.78 is 34.0. The summed E-state index contributed by atoms with van der Waals surface area (Å²) >= 11 is 0. The first kappa shape index (κ1) is 17.8. The Kier molecular flexibility index (Phi) is 5.46. The van der Waals surface area contributed by atoms with Crippen LogP contribution in [0, 0.1) is 17.2 Å². The van der Waals surface area contributed by atoms with Crippen LogP contribution in [-0.4, -0.2) is 24.8 Å². The minimum Gasteiger partial charge on any atom is -0.494 e. The Labute approximate surface area is 141 Å². The molecule has 0 amide bonds. The standard InChI is InChI=1S/C16H20N4O3S/c1-12(2)8-9-23-14-4-6-15(7-5-14)24(21,22)19-16-13(10-17)11-20(3)18-16/h4-7,11-12H,8-9H2,1-3H3,(H,18,19). The first-order chi connectivity index (χ1) is 11.3. The number of sulfonamides is 1. The molecule has 0 fully saturated rings. The Morgan fingerprint density at radius 1 is 1.33 bits per heavy atom. The number of aromatic nitrogens is 2. The molecule has 0 spiro atoms. The molecule has 2 rings (SSSR count). The van der Waals surface area contributed by atoms with Crippen molar-refractivity contribution < 1.29 is 13.2 Å². The molecule has 24 heavy (non-hydrogen) atoms. The number of rotatable bonds is 7. The van der Waals surface area contributed by atoms with E-state index in [0.717, 1.165) is 6.42 Å². The normalized spacial score (nSPS) is 11.3. The molecule has 1 N–H and O–H groups in total. The fourth-order valence-corrected chi connectivity index (χ4v) is 2.98. The Hall–Kier alpha value is -2.53. The highest BCUT2D eigenvalue weighted by Gasteiger charge is 2.18. The van der Waals surface area contributed by atoms with Crippen LogP contribution in [0.4, 0.5) is 5.82 Å². The maximum Gasteiger partial charge on any atom is 0.263 e. The molecule has 1 heterocycles. The van der Waals surface area contributed by atoms with E-state index < -0.39 is 10.0 Å². The van der Waals surface area contributed by atoms with Crippen molar-refractivity contribution >= 4 is 15.8 Å². The maximum atomic E-state index is 12.4. The minimum atomic E-state index is -3.82. The summed E-state index contributed by atoms with van der Waals surface area (Å²) in [4.78, 5) is 0.0771. The van der Waals surface area contributed by atoms with Crippen LogP contribution < -0.4 is 9.46 Å². The Bertz CT molecular complexity index is 833. The number of hydrogen-bond donors (Lipinski definition) is 1. The smallest absolute Gasteiger partial charge is 0.263 e. The zero-order valence-electron chi connectivity index (χ0n) is 13.9. The monoisotopic (exact) mass is 348 g/mol. The van der Waals surface area contributed by atoms with Crippen LogP contribution in [0.5, 0.6) is 5.75 Å². The quantitative estimate of drug-likeness (QED) is 0.829. The molecule has 1 aromatic carbocycles. The average Bonchev–Trinajstić information content (AvgIpc) is 2.86. The molecule has 0 unspecified atom stereocenters. The second-order valence-corrected chi connectivity index (χ2v) is 7.47. The van der Waals surface area contributed by atoms with E-state index in [1.165, 1.54) is 23.0 Å². The van der Waals surface area contributed by atoms with Gasteiger partial charge in [0.05, 0.1) is 11.5 Å². The highest BCUT2D eigenvalue weighted by atomic mass is 32.2. The van der Waals surface area contributed by atoms with Crippen LogP contribution in [0.25, 0.3) is 0 Å². The number of ether oxygens (including phenoxy) is 1. The lowest BCUT2D eigenvalue weighted by atomic mass is 10.1. The van der Waals surface area contributed by atoms with E-state index in [-0.39, 0.29) is 16.3 Å². The number of aryl methyl sites for hydroxylation is 1. The number of hydrogen-bond acceptors (Lipinski definition) is 5. The van der Waals surface area contributed by atoms with Crippen molar-refractivity contribution in [2.75, 3.05) is 11.3 Å². The van der Waals surface area contributed by atoms with Gasteiger partial charge in [0.2, 0.25) is 0 Å². The van der Waals surface area contributed by atoms with Crippen LogP contribution in [0.2, 0.25) is 0 Å². The predicted molar refractivity (Wildman–Crippen MR) is 90.1 cm³/mol. The van der Waals surface area contributed by atoms with E-state index in [0.29, 0.717) is 18.3 Å². The molecule has 0 aliphatic rings. The number of nitrogens with one attached hydrogen (secondary N) is 1. The van der Waals surface area contributed by atoms with E-state index in [1.54, 1.807) is 19.2 Å². The molecule has 8 heteroatoms. The van der Waals surface area contributed by atoms with E-state index >= 15 is 0 Å². The summed E-state index contributed by atoms with van der Waals surface area (Å²) in [6.45, 7) is 4.80. The van der Waals surface area contributed by atoms with Crippen LogP contribution in [0.1, 0.15) is 25.8 Å². The molecule has 0 radical (unpaired) electrons. The molecule has 7 nitrogen and oxygen atoms in total. The largest absolute Gasteiger partial charge is 0.494 e. The van der Waals surface area contributed by atoms with Gasteiger partial charge in [-0.15, -0.1) is 0 Å². The zero-order valence-corrected chi connectivity index (χ0v) is 14.7. The van der Waals surface area contributed by atoms with E-state index in [2.05, 4.69) is 23.7 Å². The highest BCUT2D eigenvalue weighted by Crippen LogP contribution is 2.20. The molecule has 128 valence electrons. The minimum absolute atomic E-state index is 0.0114. The second kappa shape index (κ2) is 7.36. The molecule has 0 saturated heterocycles. The molecule has 0 saturated carbocycles. The summed E-state index contributed by atoms with van der Waals surface area (Å²) in [6.07, 6.45) is 2.38. The van der Waals surface area contributed by atoms with Crippen LogP contribution in [0.3, 0.4) is 0 Å². The molecular weight excluding hydrogens is 328 g/mol. The van der Waals surface area contributed by atoms with Gasteiger partial charge in [-0.2, -0.15) is 10.4 Å². The summed E-state index contributed by atoms with van der Waals surface area (Å²) in [6, 6.07) is 8.04. The van der Waals surface area contributed by atoms with Crippen molar-refractivity contribution in [2.24, 2.45) is 13.0 Å². The lowest BCUT2D eigenvalue weighted by molar-refractivity contribution is 0.289. The zero-order chi connectivity index (χ0) is 17.7. The lowest BCUT2D eigenvalue weighted by Gasteiger charge is -2.09. The average molecular weight is 348 g/mol. The molecular formula is C16H20N4O3S. The fourth-order valence-electron chi connectivity index (χ4n) is 1.96. The third kappa shape index (κ3) is 4.49. The first-order valence-corrected chi connectivity index (χ1v) is 8.99. The summed E-state index contributed by atoms with van der Waals surface area (Å²) in [5.41, 5.74) is 0.162. The van der Waals surface area contributed by atoms with Gasteiger partial charge in [-0.25, -0.2) is 8.42 Å². The van der Waals surface area contributed by atoms with E-state index in [1.807, 2.05) is 6.07 Å². The van der Waals surface area contributed by atoms with Crippen molar-refractivity contribution in [3.8, 4) is 11.8 Å². The molecule has 2 aromatic rings. The topological polar surface area (TPSA) is 97.0 Å². The van der Waals surface area contributed by atoms with Crippen LogP contribution in [0.15, 0.2) is 35.4 Å². The first-order valence-electron chi connectivity index (χ1n) is 7.51. The molecule has 0 aliphatic heterocycles. The summed E-state index contributed by atoms with van der Waals surface area (Å²) in [5.74, 6) is 1.17. The van der Waals surface area contributed by atoms with Crippen LogP contribution in [-0.2, 0) is 17.1 Å². The van der Waals surface area contributed by atoms with Gasteiger partial charge in [-0.3, -0.25) is 9.40 Å². The van der Waals surface area contributed by atoms with Crippen molar-refractivity contribution in [1.29, 1.82) is 5.26 Å². The van der Waals surface area contributed by atoms with Gasteiger partial charge in [0, 0.05) is 13.2 Å². The van der Waals surface area contributed by atoms with E-state index in [4.69, 9.17) is 10.00 Å². The number of nitrogens with zero attached hydrogens (tertiary/aromatic N) is 3. The maximum absolute atomic E-state index is 12.4. The van der Waals surface area contributed by atoms with Gasteiger partial charge in [0.15, 0.2) is 5.82 Å². The summed E-state index contributed by atoms with van der Waals surface area (Å²) in [7, 11) is -2.20. The Balaban J connectivity index is 2.10. The second-order valence-electron chi connectivity index (χ2n) is 5.78. The number of anilines is 1. The van der Waals surface area contributed by atoms with Crippen molar-refractivity contribution in [3.63, 3.8) is 0 Å². The van der Waals surface area contributed by atoms with Gasteiger partial charge in [0.1, 0.15) is 17.4 Å². The Morgan fingerprint density at radius 2 is 2.00 bits per heavy atom. The predicted octanol–water partition coefficient (Wildman–Crippen LogP) is 2.52. The van der Waals surface area contributed by atoms with Crippen molar-refractivity contribution in [1.82, 2.24) is 9.78 Å². The van der Waals surface area contributed by atoms with Crippen LogP contribution >= 0.6 is 0 Å². The third-order valence-electron chi connectivity index (χ3n) is 3.28. The highest BCUT2D eigenvalue weighted by molar-refractivity contribution is 7.92. The summed E-state index contributed by atoms with van der Waals surface area (Å²) in [5, 5.41) is 12.9. The van der Waals surface area contributed by atoms with Gasteiger partial charge in [-0.05, 0) is 36.6 Å². The lowest BCUT2D eigenvalue weighted by Crippen LogP contribution is -2.14. The third-order valence-corrected chi connectivity index (χ3v) is 4.63. The number of benzene rings is 1. The van der Waals surface area contributed by atoms with Crippen molar-refractivity contribution in [3.05, 3.63) is 36.0 Å². The van der Waals surface area contributed by atoms with Gasteiger partial charge >= 0.3 is 0 Å². The fraction of sp³-hybridized carbons (Fsp3) is 0.375. The van der Waals surface area contributed by atoms with E-state index in [9.17, 15) is 8.42 Å². The molecule has 0 atom stereocenters. The Morgan fingerprint density at radius 3 is 2.58 bits per heavy atom. The molecule has 0 bridgehead atoms. The van der Waals surface area contributed by atoms with Gasteiger partial charge in [0.25, 0.3) is 10.0 Å².